The van der Waals surface area contributed by atoms with Gasteiger partial charge in [-0.1, -0.05) is 31.9 Å². The third kappa shape index (κ3) is 6.85. The molecule has 0 unspecified atom stereocenters. The van der Waals surface area contributed by atoms with Crippen molar-refractivity contribution >= 4 is 51.7 Å². The van der Waals surface area contributed by atoms with Crippen molar-refractivity contribution < 1.29 is 9.59 Å². The van der Waals surface area contributed by atoms with E-state index in [0.717, 1.165) is 22.8 Å². The predicted octanol–water partition coefficient (Wildman–Crippen LogP) is 2.51. The first-order valence-corrected chi connectivity index (χ1v) is 8.18. The molecular weight excluding hydrogens is 401 g/mol. The molecule has 1 aromatic rings. The molecule has 0 aliphatic rings. The summed E-state index contributed by atoms with van der Waals surface area (Å²) in [4.78, 5) is 23.5. The standard InChI is InChI=1S/C14H18IN3O2S/c1-2-3-4-9-12(19)16-14(21)18-17-13(20)10-7-5-6-8-11(10)15/h5-8H,2-4,9H2,1H3,(H,17,20)(H2,16,18,19,21). The molecule has 0 heterocycles. The van der Waals surface area contributed by atoms with Gasteiger partial charge in [-0.15, -0.1) is 0 Å². The highest BCUT2D eigenvalue weighted by Gasteiger charge is 2.10. The maximum absolute atomic E-state index is 11.9. The second-order valence-corrected chi connectivity index (χ2v) is 5.96. The van der Waals surface area contributed by atoms with Crippen LogP contribution in [0.4, 0.5) is 0 Å². The van der Waals surface area contributed by atoms with E-state index < -0.39 is 0 Å². The van der Waals surface area contributed by atoms with Gasteiger partial charge in [0.1, 0.15) is 0 Å². The minimum atomic E-state index is -0.303. The summed E-state index contributed by atoms with van der Waals surface area (Å²) in [7, 11) is 0. The molecule has 0 saturated carbocycles. The van der Waals surface area contributed by atoms with E-state index in [4.69, 9.17) is 12.2 Å². The zero-order chi connectivity index (χ0) is 15.7. The summed E-state index contributed by atoms with van der Waals surface area (Å²) in [5.41, 5.74) is 5.53. The molecule has 1 aromatic carbocycles. The maximum atomic E-state index is 11.9. The highest BCUT2D eigenvalue weighted by atomic mass is 127. The highest BCUT2D eigenvalue weighted by Crippen LogP contribution is 2.10. The minimum absolute atomic E-state index is 0.0933. The molecule has 0 aliphatic carbocycles. The van der Waals surface area contributed by atoms with Gasteiger partial charge in [-0.05, 0) is 53.4 Å². The Morgan fingerprint density at radius 1 is 1.19 bits per heavy atom. The average Bonchev–Trinajstić information content (AvgIpc) is 2.45. The molecule has 0 saturated heterocycles. The van der Waals surface area contributed by atoms with E-state index in [0.29, 0.717) is 12.0 Å². The van der Waals surface area contributed by atoms with E-state index in [1.54, 1.807) is 12.1 Å². The molecule has 2 amide bonds. The SMILES string of the molecule is CCCCCC(=O)NC(=S)NNC(=O)c1ccccc1I. The second-order valence-electron chi connectivity index (χ2n) is 4.39. The van der Waals surface area contributed by atoms with E-state index in [9.17, 15) is 9.59 Å². The van der Waals surface area contributed by atoms with Gasteiger partial charge in [0, 0.05) is 9.99 Å². The molecule has 0 radical (unpaired) electrons. The van der Waals surface area contributed by atoms with E-state index in [1.807, 2.05) is 12.1 Å². The van der Waals surface area contributed by atoms with Crippen LogP contribution < -0.4 is 16.2 Å². The van der Waals surface area contributed by atoms with Crippen LogP contribution >= 0.6 is 34.8 Å². The Morgan fingerprint density at radius 2 is 1.90 bits per heavy atom. The number of carbonyl (C=O) groups excluding carboxylic acids is 2. The molecule has 0 aromatic heterocycles. The molecule has 3 N–H and O–H groups in total. The topological polar surface area (TPSA) is 70.2 Å². The number of rotatable bonds is 5. The first-order chi connectivity index (χ1) is 10.0. The third-order valence-electron chi connectivity index (χ3n) is 2.67. The molecule has 5 nitrogen and oxygen atoms in total. The van der Waals surface area contributed by atoms with Crippen LogP contribution in [0.2, 0.25) is 0 Å². The van der Waals surface area contributed by atoms with Crippen LogP contribution in [-0.2, 0) is 4.79 Å². The smallest absolute Gasteiger partial charge is 0.270 e. The molecule has 1 rings (SSSR count). The van der Waals surface area contributed by atoms with Gasteiger partial charge in [0.2, 0.25) is 5.91 Å². The van der Waals surface area contributed by atoms with Crippen molar-refractivity contribution in [1.82, 2.24) is 16.2 Å². The molecule has 0 aliphatic heterocycles. The normalized spacial score (nSPS) is 9.81. The van der Waals surface area contributed by atoms with Crippen molar-refractivity contribution in [3.63, 3.8) is 0 Å². The Balaban J connectivity index is 2.34. The van der Waals surface area contributed by atoms with Crippen LogP contribution in [0, 0.1) is 3.57 Å². The van der Waals surface area contributed by atoms with Gasteiger partial charge in [-0.3, -0.25) is 20.4 Å². The summed E-state index contributed by atoms with van der Waals surface area (Å²) in [5.74, 6) is -0.452. The Morgan fingerprint density at radius 3 is 2.57 bits per heavy atom. The number of amides is 2. The molecule has 0 bridgehead atoms. The number of benzene rings is 1. The molecule has 7 heteroatoms. The lowest BCUT2D eigenvalue weighted by atomic mass is 10.2. The Labute approximate surface area is 143 Å². The second kappa shape index (κ2) is 9.67. The van der Waals surface area contributed by atoms with E-state index in [1.165, 1.54) is 0 Å². The summed E-state index contributed by atoms with van der Waals surface area (Å²) in [6.45, 7) is 2.07. The van der Waals surface area contributed by atoms with E-state index >= 15 is 0 Å². The number of thiocarbonyl (C=S) groups is 1. The quantitative estimate of drug-likeness (QED) is 0.297. The number of nitrogens with one attached hydrogen (secondary N) is 3. The number of unbranched alkanes of at least 4 members (excludes halogenated alkanes) is 2. The van der Waals surface area contributed by atoms with Crippen molar-refractivity contribution in [2.75, 3.05) is 0 Å². The predicted molar refractivity (Wildman–Crippen MR) is 94.6 cm³/mol. The summed E-state index contributed by atoms with van der Waals surface area (Å²) < 4.78 is 0.837. The number of hydrogen-bond donors (Lipinski definition) is 3. The Bertz CT molecular complexity index is 523. The van der Waals surface area contributed by atoms with Gasteiger partial charge in [-0.25, -0.2) is 0 Å². The van der Waals surface area contributed by atoms with Crippen LogP contribution in [0.5, 0.6) is 0 Å². The highest BCUT2D eigenvalue weighted by molar-refractivity contribution is 14.1. The Kier molecular flexibility index (Phi) is 8.21. The lowest BCUT2D eigenvalue weighted by Gasteiger charge is -2.11. The minimum Gasteiger partial charge on any atom is -0.302 e. The Hall–Kier alpha value is -1.22. The first kappa shape index (κ1) is 17.8. The zero-order valence-electron chi connectivity index (χ0n) is 11.7. The fourth-order valence-corrected chi connectivity index (χ4v) is 2.38. The molecular formula is C14H18IN3O2S. The number of halogens is 1. The fraction of sp³-hybridized carbons (Fsp3) is 0.357. The van der Waals surface area contributed by atoms with Crippen molar-refractivity contribution in [2.24, 2.45) is 0 Å². The van der Waals surface area contributed by atoms with Gasteiger partial charge in [0.25, 0.3) is 5.91 Å². The maximum Gasteiger partial charge on any atom is 0.270 e. The lowest BCUT2D eigenvalue weighted by Crippen LogP contribution is -2.48. The van der Waals surface area contributed by atoms with Crippen LogP contribution in [0.1, 0.15) is 43.0 Å². The molecule has 0 fully saturated rings. The summed E-state index contributed by atoms with van der Waals surface area (Å²) in [5, 5.41) is 2.62. The van der Waals surface area contributed by atoms with Crippen molar-refractivity contribution in [1.29, 1.82) is 0 Å². The van der Waals surface area contributed by atoms with Gasteiger partial charge in [0.05, 0.1) is 5.56 Å². The van der Waals surface area contributed by atoms with E-state index in [-0.39, 0.29) is 16.9 Å². The van der Waals surface area contributed by atoms with Gasteiger partial charge in [-0.2, -0.15) is 0 Å². The number of hydrazine groups is 1. The zero-order valence-corrected chi connectivity index (χ0v) is 14.7. The summed E-state index contributed by atoms with van der Waals surface area (Å²) in [6.07, 6.45) is 3.33. The molecule has 114 valence electrons. The summed E-state index contributed by atoms with van der Waals surface area (Å²) >= 11 is 7.03. The average molecular weight is 419 g/mol. The van der Waals surface area contributed by atoms with Crippen molar-refractivity contribution in [3.05, 3.63) is 33.4 Å². The van der Waals surface area contributed by atoms with Crippen LogP contribution in [0.3, 0.4) is 0 Å². The third-order valence-corrected chi connectivity index (χ3v) is 3.81. The molecule has 21 heavy (non-hydrogen) atoms. The van der Waals surface area contributed by atoms with E-state index in [2.05, 4.69) is 45.7 Å². The first-order valence-electron chi connectivity index (χ1n) is 6.69. The number of carbonyl (C=O) groups is 2. The van der Waals surface area contributed by atoms with Crippen molar-refractivity contribution in [2.45, 2.75) is 32.6 Å². The summed E-state index contributed by atoms with van der Waals surface area (Å²) in [6, 6.07) is 7.19. The molecule has 0 atom stereocenters. The lowest BCUT2D eigenvalue weighted by molar-refractivity contribution is -0.119. The molecule has 0 spiro atoms. The fourth-order valence-electron chi connectivity index (χ4n) is 1.58. The monoisotopic (exact) mass is 419 g/mol. The van der Waals surface area contributed by atoms with Gasteiger partial charge < -0.3 is 5.32 Å². The van der Waals surface area contributed by atoms with Crippen LogP contribution in [0.25, 0.3) is 0 Å². The van der Waals surface area contributed by atoms with Crippen LogP contribution in [-0.4, -0.2) is 16.9 Å². The van der Waals surface area contributed by atoms with Gasteiger partial charge >= 0.3 is 0 Å². The number of hydrogen-bond acceptors (Lipinski definition) is 3. The largest absolute Gasteiger partial charge is 0.302 e. The van der Waals surface area contributed by atoms with Crippen LogP contribution in [0.15, 0.2) is 24.3 Å². The van der Waals surface area contributed by atoms with Gasteiger partial charge in [0.15, 0.2) is 5.11 Å². The van der Waals surface area contributed by atoms with Crippen molar-refractivity contribution in [3.8, 4) is 0 Å².